The predicted octanol–water partition coefficient (Wildman–Crippen LogP) is 14.7. The van der Waals surface area contributed by atoms with Gasteiger partial charge >= 0.3 is 11.9 Å². The van der Waals surface area contributed by atoms with Crippen LogP contribution >= 0.6 is 162 Å². The first-order chi connectivity index (χ1) is 25.0. The van der Waals surface area contributed by atoms with E-state index in [1.54, 1.807) is 0 Å². The van der Waals surface area contributed by atoms with Gasteiger partial charge in [0.1, 0.15) is 30.1 Å². The summed E-state index contributed by atoms with van der Waals surface area (Å²) >= 11 is 89.2. The highest BCUT2D eigenvalue weighted by atomic mass is 35.5. The molecule has 0 atom stereocenters. The third-order valence-electron chi connectivity index (χ3n) is 6.98. The summed E-state index contributed by atoms with van der Waals surface area (Å²) in [5.74, 6) is -8.04. The second-order valence-electron chi connectivity index (χ2n) is 10.1. The van der Waals surface area contributed by atoms with Gasteiger partial charge in [-0.25, -0.2) is 9.59 Å². The van der Waals surface area contributed by atoms with Crippen LogP contribution in [0.2, 0.25) is 70.3 Å². The number of anilines is 1. The number of benzene rings is 4. The molecule has 0 saturated heterocycles. The summed E-state index contributed by atoms with van der Waals surface area (Å²) in [7, 11) is 1.19. The maximum Gasteiger partial charge on any atom is 0.338 e. The molecule has 0 saturated carbocycles. The first-order valence-corrected chi connectivity index (χ1v) is 18.8. The van der Waals surface area contributed by atoms with Crippen LogP contribution in [-0.2, 0) is 0 Å². The van der Waals surface area contributed by atoms with Crippen LogP contribution in [-0.4, -0.2) is 41.0 Å². The van der Waals surface area contributed by atoms with E-state index in [0.29, 0.717) is 0 Å². The highest BCUT2D eigenvalue weighted by Crippen LogP contribution is 2.56. The molecule has 24 heteroatoms. The minimum Gasteiger partial charge on any atom is -0.478 e. The van der Waals surface area contributed by atoms with Crippen molar-refractivity contribution in [1.29, 1.82) is 0 Å². The fourth-order valence-corrected chi connectivity index (χ4v) is 8.14. The van der Waals surface area contributed by atoms with Crippen molar-refractivity contribution in [2.45, 2.75) is 6.92 Å². The van der Waals surface area contributed by atoms with E-state index >= 15 is 0 Å². The number of carboxylic acid groups (broad SMARTS) is 2. The Bertz CT molecular complexity index is 2310. The fourth-order valence-electron chi connectivity index (χ4n) is 4.42. The van der Waals surface area contributed by atoms with Crippen LogP contribution in [0.3, 0.4) is 0 Å². The monoisotopic (exact) mass is 1020 g/mol. The van der Waals surface area contributed by atoms with E-state index < -0.39 is 119 Å². The Hall–Kier alpha value is -1.58. The van der Waals surface area contributed by atoms with Crippen LogP contribution in [0.1, 0.15) is 47.0 Å². The normalized spacial score (nSPS) is 11.0. The van der Waals surface area contributed by atoms with Crippen LogP contribution in [0.5, 0.6) is 23.0 Å². The van der Waals surface area contributed by atoms with Gasteiger partial charge in [0.25, 0.3) is 11.8 Å². The second kappa shape index (κ2) is 17.5. The molecule has 0 aliphatic carbocycles. The second-order valence-corrected chi connectivity index (χ2v) is 15.4. The molecule has 0 radical (unpaired) electrons. The number of hydrogen-bond acceptors (Lipinski definition) is 6. The lowest BCUT2D eigenvalue weighted by Gasteiger charge is -2.21. The number of rotatable bonds is 9. The lowest BCUT2D eigenvalue weighted by molar-refractivity contribution is 0.0683. The number of nitrogens with one attached hydrogen (secondary N) is 2. The summed E-state index contributed by atoms with van der Waals surface area (Å²) in [6.07, 6.45) is 0. The van der Waals surface area contributed by atoms with E-state index in [0.717, 1.165) is 0 Å². The Morgan fingerprint density at radius 2 is 0.759 bits per heavy atom. The van der Waals surface area contributed by atoms with Crippen molar-refractivity contribution in [3.05, 3.63) is 98.1 Å². The molecule has 0 bridgehead atoms. The van der Waals surface area contributed by atoms with E-state index in [9.17, 15) is 29.4 Å². The van der Waals surface area contributed by atoms with Crippen molar-refractivity contribution in [2.75, 3.05) is 12.4 Å². The van der Waals surface area contributed by atoms with E-state index in [4.69, 9.17) is 172 Å². The van der Waals surface area contributed by atoms with Gasteiger partial charge in [0.05, 0.1) is 68.1 Å². The number of ether oxygens (including phenoxy) is 2. The van der Waals surface area contributed by atoms with Gasteiger partial charge in [-0.3, -0.25) is 9.59 Å². The lowest BCUT2D eigenvalue weighted by Crippen LogP contribution is -2.22. The van der Waals surface area contributed by atoms with Crippen LogP contribution in [0.15, 0.2) is 0 Å². The van der Waals surface area contributed by atoms with Crippen LogP contribution in [0.4, 0.5) is 5.69 Å². The highest BCUT2D eigenvalue weighted by molar-refractivity contribution is 6.54. The maximum absolute atomic E-state index is 13.7. The van der Waals surface area contributed by atoms with Gasteiger partial charge < -0.3 is 30.3 Å². The third-order valence-corrected chi connectivity index (χ3v) is 12.9. The smallest absolute Gasteiger partial charge is 0.338 e. The van der Waals surface area contributed by atoms with Gasteiger partial charge in [0, 0.05) is 7.05 Å². The minimum atomic E-state index is -1.75. The van der Waals surface area contributed by atoms with E-state index in [1.165, 1.54) is 14.0 Å². The number of carbonyl (C=O) groups excluding carboxylic acids is 2. The number of carbonyl (C=O) groups is 4. The number of amides is 2. The van der Waals surface area contributed by atoms with Gasteiger partial charge in [-0.1, -0.05) is 162 Å². The molecule has 0 heterocycles. The molecule has 4 N–H and O–H groups in total. The van der Waals surface area contributed by atoms with Crippen molar-refractivity contribution >= 4 is 192 Å². The number of hydrogen-bond donors (Lipinski definition) is 4. The Morgan fingerprint density at radius 3 is 1.11 bits per heavy atom. The van der Waals surface area contributed by atoms with E-state index in [1.807, 2.05) is 0 Å². The first-order valence-electron chi connectivity index (χ1n) is 13.5. The highest BCUT2D eigenvalue weighted by Gasteiger charge is 2.35. The zero-order chi connectivity index (χ0) is 41.0. The quantitative estimate of drug-likeness (QED) is 0.0956. The van der Waals surface area contributed by atoms with Crippen molar-refractivity contribution in [2.24, 2.45) is 0 Å². The lowest BCUT2D eigenvalue weighted by atomic mass is 10.0. The van der Waals surface area contributed by atoms with Crippen molar-refractivity contribution in [3.63, 3.8) is 0 Å². The number of carboxylic acids is 2. The largest absolute Gasteiger partial charge is 0.478 e. The Morgan fingerprint density at radius 1 is 0.426 bits per heavy atom. The number of halogens is 14. The average Bonchev–Trinajstić information content (AvgIpc) is 3.12. The summed E-state index contributed by atoms with van der Waals surface area (Å²) in [5.41, 5.74) is -3.12. The fraction of sp³-hybridized carbons (Fsp3) is 0.0667. The molecule has 0 unspecified atom stereocenters. The summed E-state index contributed by atoms with van der Waals surface area (Å²) in [5, 5.41) is 17.3. The molecule has 2 amide bonds. The molecule has 0 aromatic heterocycles. The molecular weight excluding hydrogens is 1010 g/mol. The molecule has 0 aliphatic heterocycles. The standard InChI is InChI=1S/C30H10Cl14N2O8/c1-3-8(31)14(37)15(38)22(9(3)32)46-28(48)5-7(30(51)52)11(34)17(40)24(13(5)36)54-26-20(43)18(41)25(19(42)21(26)44)53-23-12(35)4(27(47)45-2)6(29(49)50)10(33)16(23)39/h1-2H3,(H,45,47)(H,46,48)(H,49,50)(H,51,52). The van der Waals surface area contributed by atoms with Crippen molar-refractivity contribution in [3.8, 4) is 23.0 Å². The molecule has 0 aliphatic rings. The molecule has 4 rings (SSSR count). The molecule has 10 nitrogen and oxygen atoms in total. The molecule has 4 aromatic carbocycles. The SMILES string of the molecule is CNC(=O)c1c(Cl)c(Oc2c(Cl)c(Cl)c(Oc3c(Cl)c(Cl)c(C(=O)O)c(C(=O)Nc4c(Cl)c(C)c(Cl)c(Cl)c4Cl)c3Cl)c(Cl)c2Cl)c(Cl)c(Cl)c1C(=O)O. The van der Waals surface area contributed by atoms with Gasteiger partial charge in [-0.05, 0) is 12.5 Å². The van der Waals surface area contributed by atoms with Gasteiger partial charge in [0.2, 0.25) is 0 Å². The van der Waals surface area contributed by atoms with E-state index in [-0.39, 0.29) is 31.3 Å². The van der Waals surface area contributed by atoms with Crippen molar-refractivity contribution in [1.82, 2.24) is 5.32 Å². The van der Waals surface area contributed by atoms with Gasteiger partial charge in [-0.15, -0.1) is 0 Å². The Kier molecular flexibility index (Phi) is 14.6. The third kappa shape index (κ3) is 7.95. The summed E-state index contributed by atoms with van der Waals surface area (Å²) in [6, 6.07) is 0. The first kappa shape index (κ1) is 45.1. The molecule has 4 aromatic rings. The van der Waals surface area contributed by atoms with Gasteiger partial charge in [-0.2, -0.15) is 0 Å². The maximum atomic E-state index is 13.7. The molecule has 0 spiro atoms. The predicted molar refractivity (Wildman–Crippen MR) is 216 cm³/mol. The average molecular weight is 1020 g/mol. The summed E-state index contributed by atoms with van der Waals surface area (Å²) < 4.78 is 11.5. The molecule has 0 fully saturated rings. The van der Waals surface area contributed by atoms with Crippen LogP contribution in [0.25, 0.3) is 0 Å². The summed E-state index contributed by atoms with van der Waals surface area (Å²) in [4.78, 5) is 50.6. The van der Waals surface area contributed by atoms with Crippen LogP contribution < -0.4 is 20.1 Å². The minimum absolute atomic E-state index is 0.0126. The molecule has 54 heavy (non-hydrogen) atoms. The Labute approximate surface area is 373 Å². The van der Waals surface area contributed by atoms with Crippen molar-refractivity contribution < 1.29 is 38.9 Å². The topological polar surface area (TPSA) is 151 Å². The van der Waals surface area contributed by atoms with Gasteiger partial charge in [0.15, 0.2) is 23.0 Å². The summed E-state index contributed by atoms with van der Waals surface area (Å²) in [6.45, 7) is 1.47. The van der Waals surface area contributed by atoms with E-state index in [2.05, 4.69) is 10.6 Å². The number of aromatic carboxylic acids is 2. The van der Waals surface area contributed by atoms with Crippen LogP contribution in [0, 0.1) is 6.92 Å². The molecular formula is C30H10Cl14N2O8. The molecule has 286 valence electrons. The zero-order valence-electron chi connectivity index (χ0n) is 25.6. The Balaban J connectivity index is 1.90. The zero-order valence-corrected chi connectivity index (χ0v) is 36.2.